The van der Waals surface area contributed by atoms with Gasteiger partial charge < -0.3 is 9.47 Å². The van der Waals surface area contributed by atoms with Crippen LogP contribution in [0.1, 0.15) is 19.8 Å². The first-order valence-corrected chi connectivity index (χ1v) is 7.77. The summed E-state index contributed by atoms with van der Waals surface area (Å²) in [6.45, 7) is 2.26. The van der Waals surface area contributed by atoms with E-state index in [0.717, 1.165) is 25.0 Å². The lowest BCUT2D eigenvalue weighted by Crippen LogP contribution is -2.07. The van der Waals surface area contributed by atoms with Crippen molar-refractivity contribution in [1.29, 1.82) is 0 Å². The van der Waals surface area contributed by atoms with E-state index in [9.17, 15) is 9.59 Å². The fraction of sp³-hybridized carbons (Fsp3) is 0.286. The third-order valence-corrected chi connectivity index (χ3v) is 4.11. The minimum Gasteiger partial charge on any atom is -0.463 e. The predicted octanol–water partition coefficient (Wildman–Crippen LogP) is 5.11. The highest BCUT2D eigenvalue weighted by Crippen LogP contribution is 2.41. The second-order valence-electron chi connectivity index (χ2n) is 4.07. The lowest BCUT2D eigenvalue weighted by molar-refractivity contribution is -0.138. The zero-order chi connectivity index (χ0) is 16.7. The SMILES string of the molecule is CCCCOC(=O)/C=C/C(=O)Oc1cc(Cl)c(Cl)c(Cl)c1Cl. The molecule has 1 rings (SSSR count). The molecule has 0 heterocycles. The highest BCUT2D eigenvalue weighted by atomic mass is 35.5. The minimum atomic E-state index is -0.830. The first-order valence-electron chi connectivity index (χ1n) is 6.26. The van der Waals surface area contributed by atoms with Gasteiger partial charge in [0.1, 0.15) is 5.02 Å². The molecule has 22 heavy (non-hydrogen) atoms. The van der Waals surface area contributed by atoms with Crippen LogP contribution in [0.5, 0.6) is 5.75 Å². The Morgan fingerprint density at radius 3 is 2.32 bits per heavy atom. The average molecular weight is 386 g/mol. The summed E-state index contributed by atoms with van der Waals surface area (Å²) < 4.78 is 9.79. The van der Waals surface area contributed by atoms with E-state index in [1.165, 1.54) is 6.07 Å². The van der Waals surface area contributed by atoms with Gasteiger partial charge in [-0.15, -0.1) is 0 Å². The van der Waals surface area contributed by atoms with Gasteiger partial charge in [0.2, 0.25) is 0 Å². The van der Waals surface area contributed by atoms with E-state index in [4.69, 9.17) is 55.9 Å². The number of ether oxygens (including phenoxy) is 2. The zero-order valence-electron chi connectivity index (χ0n) is 11.5. The molecule has 0 atom stereocenters. The first-order chi connectivity index (χ1) is 10.4. The maximum Gasteiger partial charge on any atom is 0.336 e. The van der Waals surface area contributed by atoms with Gasteiger partial charge >= 0.3 is 11.9 Å². The fourth-order valence-electron chi connectivity index (χ4n) is 1.27. The van der Waals surface area contributed by atoms with E-state index in [2.05, 4.69) is 0 Å². The Balaban J connectivity index is 2.68. The first kappa shape index (κ1) is 19.1. The summed E-state index contributed by atoms with van der Waals surface area (Å²) in [5.74, 6) is -1.53. The van der Waals surface area contributed by atoms with Crippen molar-refractivity contribution in [2.24, 2.45) is 0 Å². The fourth-order valence-corrected chi connectivity index (χ4v) is 2.09. The van der Waals surface area contributed by atoms with Crippen molar-refractivity contribution in [3.05, 3.63) is 38.3 Å². The maximum atomic E-state index is 11.6. The predicted molar refractivity (Wildman–Crippen MR) is 87.1 cm³/mol. The van der Waals surface area contributed by atoms with Crippen molar-refractivity contribution in [3.8, 4) is 5.75 Å². The highest BCUT2D eigenvalue weighted by molar-refractivity contribution is 6.52. The number of unbranched alkanes of at least 4 members (excludes halogenated alkanes) is 1. The number of carbonyl (C=O) groups excluding carboxylic acids is 2. The van der Waals surface area contributed by atoms with Crippen LogP contribution in [0.4, 0.5) is 0 Å². The summed E-state index contributed by atoms with van der Waals surface area (Å²) in [6, 6.07) is 1.25. The zero-order valence-corrected chi connectivity index (χ0v) is 14.5. The normalized spacial score (nSPS) is 10.8. The van der Waals surface area contributed by atoms with Crippen molar-refractivity contribution in [3.63, 3.8) is 0 Å². The number of benzene rings is 1. The molecule has 1 aromatic carbocycles. The third kappa shape index (κ3) is 5.69. The molecule has 8 heteroatoms. The molecule has 0 fully saturated rings. The summed E-state index contributed by atoms with van der Waals surface area (Å²) in [5, 5.41) is 0.0647. The second-order valence-corrected chi connectivity index (χ2v) is 5.62. The number of esters is 2. The van der Waals surface area contributed by atoms with E-state index < -0.39 is 11.9 Å². The van der Waals surface area contributed by atoms with Gasteiger partial charge in [-0.05, 0) is 6.42 Å². The second kappa shape index (κ2) is 9.26. The minimum absolute atomic E-state index is 0.0263. The number of rotatable bonds is 6. The summed E-state index contributed by atoms with van der Waals surface area (Å²) in [6.07, 6.45) is 3.53. The van der Waals surface area contributed by atoms with E-state index in [-0.39, 0.29) is 25.8 Å². The van der Waals surface area contributed by atoms with Crippen LogP contribution in [0, 0.1) is 0 Å². The smallest absolute Gasteiger partial charge is 0.336 e. The van der Waals surface area contributed by atoms with Crippen LogP contribution in [0.3, 0.4) is 0 Å². The quantitative estimate of drug-likeness (QED) is 0.170. The summed E-state index contributed by atoms with van der Waals surface area (Å²) in [7, 11) is 0. The maximum absolute atomic E-state index is 11.6. The molecule has 0 spiro atoms. The molecular weight excluding hydrogens is 374 g/mol. The Hall–Kier alpha value is -0.940. The van der Waals surface area contributed by atoms with Gasteiger partial charge in [0.05, 0.1) is 21.7 Å². The Morgan fingerprint density at radius 2 is 1.68 bits per heavy atom. The number of halogens is 4. The molecule has 0 bridgehead atoms. The molecule has 0 N–H and O–H groups in total. The van der Waals surface area contributed by atoms with Crippen molar-refractivity contribution in [2.45, 2.75) is 19.8 Å². The number of hydrogen-bond acceptors (Lipinski definition) is 4. The van der Waals surface area contributed by atoms with Crippen LogP contribution < -0.4 is 4.74 Å². The van der Waals surface area contributed by atoms with Crippen molar-refractivity contribution in [1.82, 2.24) is 0 Å². The number of hydrogen-bond donors (Lipinski definition) is 0. The molecule has 0 aliphatic carbocycles. The summed E-state index contributed by atoms with van der Waals surface area (Å²) >= 11 is 23.3. The Bertz CT molecular complexity index is 599. The molecule has 0 aromatic heterocycles. The lowest BCUT2D eigenvalue weighted by atomic mass is 10.3. The average Bonchev–Trinajstić information content (AvgIpc) is 2.48. The van der Waals surface area contributed by atoms with Crippen LogP contribution in [0.25, 0.3) is 0 Å². The Labute approximate surface area is 147 Å². The largest absolute Gasteiger partial charge is 0.463 e. The van der Waals surface area contributed by atoms with Crippen molar-refractivity contribution < 1.29 is 19.1 Å². The highest BCUT2D eigenvalue weighted by Gasteiger charge is 2.16. The van der Waals surface area contributed by atoms with Gasteiger partial charge in [-0.1, -0.05) is 59.7 Å². The molecule has 4 nitrogen and oxygen atoms in total. The van der Waals surface area contributed by atoms with Gasteiger partial charge in [-0.2, -0.15) is 0 Å². The molecule has 0 radical (unpaired) electrons. The third-order valence-electron chi connectivity index (χ3n) is 2.38. The van der Waals surface area contributed by atoms with Gasteiger partial charge in [0, 0.05) is 18.2 Å². The van der Waals surface area contributed by atoms with Crippen LogP contribution >= 0.6 is 46.4 Å². The lowest BCUT2D eigenvalue weighted by Gasteiger charge is -2.08. The van der Waals surface area contributed by atoms with E-state index in [1.807, 2.05) is 6.92 Å². The van der Waals surface area contributed by atoms with E-state index in [0.29, 0.717) is 6.61 Å². The van der Waals surface area contributed by atoms with Gasteiger partial charge in [0.25, 0.3) is 0 Å². The van der Waals surface area contributed by atoms with Gasteiger partial charge in [-0.3, -0.25) is 0 Å². The van der Waals surface area contributed by atoms with Crippen LogP contribution in [0.15, 0.2) is 18.2 Å². The molecule has 0 saturated carbocycles. The van der Waals surface area contributed by atoms with Gasteiger partial charge in [0.15, 0.2) is 5.75 Å². The number of carbonyl (C=O) groups is 2. The molecule has 0 amide bonds. The Kier molecular flexibility index (Phi) is 8.04. The summed E-state index contributed by atoms with van der Waals surface area (Å²) in [5.41, 5.74) is 0. The van der Waals surface area contributed by atoms with Gasteiger partial charge in [-0.25, -0.2) is 9.59 Å². The van der Waals surface area contributed by atoms with Crippen molar-refractivity contribution in [2.75, 3.05) is 6.61 Å². The van der Waals surface area contributed by atoms with Crippen molar-refractivity contribution >= 4 is 58.3 Å². The molecule has 120 valence electrons. The Morgan fingerprint density at radius 1 is 1.05 bits per heavy atom. The molecule has 0 aliphatic rings. The molecular formula is C14H12Cl4O4. The molecule has 0 saturated heterocycles. The monoisotopic (exact) mass is 384 g/mol. The summed E-state index contributed by atoms with van der Waals surface area (Å²) in [4.78, 5) is 22.9. The molecule has 0 aliphatic heterocycles. The van der Waals surface area contributed by atoms with E-state index >= 15 is 0 Å². The van der Waals surface area contributed by atoms with E-state index in [1.54, 1.807) is 0 Å². The standard InChI is InChI=1S/C14H12Cl4O4/c1-2-3-6-21-10(19)4-5-11(20)22-9-7-8(15)12(16)14(18)13(9)17/h4-5,7H,2-3,6H2,1H3/b5-4+. The van der Waals surface area contributed by atoms with Crippen LogP contribution in [0.2, 0.25) is 20.1 Å². The molecule has 1 aromatic rings. The van der Waals surface area contributed by atoms with Crippen LogP contribution in [-0.2, 0) is 14.3 Å². The topological polar surface area (TPSA) is 52.6 Å². The van der Waals surface area contributed by atoms with Crippen LogP contribution in [-0.4, -0.2) is 18.5 Å². The molecule has 0 unspecified atom stereocenters.